The van der Waals surface area contributed by atoms with Gasteiger partial charge in [0, 0.05) is 24.6 Å². The fourth-order valence-corrected chi connectivity index (χ4v) is 3.24. The zero-order valence-electron chi connectivity index (χ0n) is 13.4. The molecule has 0 bridgehead atoms. The van der Waals surface area contributed by atoms with E-state index in [9.17, 15) is 9.59 Å². The maximum Gasteiger partial charge on any atom is 0.224 e. The van der Waals surface area contributed by atoms with E-state index in [0.29, 0.717) is 31.9 Å². The van der Waals surface area contributed by atoms with Crippen LogP contribution in [0, 0.1) is 0 Å². The Kier molecular flexibility index (Phi) is 5.16. The number of benzene rings is 1. The number of aryl methyl sites for hydroxylation is 1. The minimum absolute atomic E-state index is 0.0689. The van der Waals surface area contributed by atoms with Crippen molar-refractivity contribution in [3.05, 3.63) is 23.8 Å². The predicted octanol–water partition coefficient (Wildman–Crippen LogP) is 2.79. The fourth-order valence-electron chi connectivity index (χ4n) is 3.24. The summed E-state index contributed by atoms with van der Waals surface area (Å²) in [6.45, 7) is 0.531. The molecule has 0 aromatic heterocycles. The lowest BCUT2D eigenvalue weighted by atomic mass is 10.0. The van der Waals surface area contributed by atoms with Gasteiger partial charge in [-0.05, 0) is 49.4 Å². The molecule has 2 N–H and O–H groups in total. The third-order valence-corrected chi connectivity index (χ3v) is 4.51. The zero-order valence-corrected chi connectivity index (χ0v) is 13.4. The van der Waals surface area contributed by atoms with Gasteiger partial charge in [-0.1, -0.05) is 12.8 Å². The molecule has 1 saturated carbocycles. The summed E-state index contributed by atoms with van der Waals surface area (Å²) in [7, 11) is 0. The number of nitrogens with one attached hydrogen (secondary N) is 2. The Bertz CT molecular complexity index is 580. The Morgan fingerprint density at radius 3 is 2.91 bits per heavy atom. The van der Waals surface area contributed by atoms with Crippen LogP contribution in [0.4, 0.5) is 5.69 Å². The normalized spacial score (nSPS) is 17.5. The van der Waals surface area contributed by atoms with Crippen molar-refractivity contribution in [2.24, 2.45) is 0 Å². The van der Waals surface area contributed by atoms with E-state index in [1.807, 2.05) is 18.2 Å². The van der Waals surface area contributed by atoms with E-state index in [1.165, 1.54) is 12.8 Å². The number of fused-ring (bicyclic) bond motifs is 1. The first kappa shape index (κ1) is 15.8. The second kappa shape index (κ2) is 7.49. The quantitative estimate of drug-likeness (QED) is 0.793. The first-order chi connectivity index (χ1) is 11.2. The monoisotopic (exact) mass is 316 g/mol. The molecule has 2 amide bonds. The molecule has 0 unspecified atom stereocenters. The van der Waals surface area contributed by atoms with Crippen LogP contribution in [0.15, 0.2) is 18.2 Å². The van der Waals surface area contributed by atoms with Crippen LogP contribution in [-0.2, 0) is 16.0 Å². The molecule has 0 atom stereocenters. The standard InChI is InChI=1S/C18H24N2O3/c21-17(19-14-4-1-2-5-14)6-3-11-23-15-8-9-16-13(12-15)7-10-18(22)20-16/h8-9,12,14H,1-7,10-11H2,(H,19,21)(H,20,22). The zero-order chi connectivity index (χ0) is 16.1. The predicted molar refractivity (Wildman–Crippen MR) is 88.5 cm³/mol. The van der Waals surface area contributed by atoms with Crippen molar-refractivity contribution in [3.63, 3.8) is 0 Å². The van der Waals surface area contributed by atoms with Gasteiger partial charge in [0.25, 0.3) is 0 Å². The van der Waals surface area contributed by atoms with E-state index >= 15 is 0 Å². The summed E-state index contributed by atoms with van der Waals surface area (Å²) in [6, 6.07) is 6.12. The Hall–Kier alpha value is -2.04. The van der Waals surface area contributed by atoms with E-state index < -0.39 is 0 Å². The van der Waals surface area contributed by atoms with Crippen LogP contribution in [-0.4, -0.2) is 24.5 Å². The van der Waals surface area contributed by atoms with Gasteiger partial charge in [-0.3, -0.25) is 9.59 Å². The summed E-state index contributed by atoms with van der Waals surface area (Å²) in [5.74, 6) is 1.00. The molecule has 3 rings (SSSR count). The molecule has 0 saturated heterocycles. The highest BCUT2D eigenvalue weighted by Gasteiger charge is 2.17. The molecule has 1 aromatic rings. The van der Waals surface area contributed by atoms with Crippen molar-refractivity contribution in [2.45, 2.75) is 57.4 Å². The van der Waals surface area contributed by atoms with Gasteiger partial charge in [0.05, 0.1) is 6.61 Å². The molecule has 1 aromatic carbocycles. The number of carbonyl (C=O) groups excluding carboxylic acids is 2. The van der Waals surface area contributed by atoms with Gasteiger partial charge < -0.3 is 15.4 Å². The number of anilines is 1. The topological polar surface area (TPSA) is 67.4 Å². The summed E-state index contributed by atoms with van der Waals surface area (Å²) in [5, 5.41) is 5.94. The summed E-state index contributed by atoms with van der Waals surface area (Å²) in [5.41, 5.74) is 1.99. The number of carbonyl (C=O) groups is 2. The van der Waals surface area contributed by atoms with Crippen LogP contribution in [0.2, 0.25) is 0 Å². The molecular formula is C18H24N2O3. The van der Waals surface area contributed by atoms with Gasteiger partial charge in [-0.2, -0.15) is 0 Å². The third-order valence-electron chi connectivity index (χ3n) is 4.51. The highest BCUT2D eigenvalue weighted by Crippen LogP contribution is 2.26. The average Bonchev–Trinajstić information content (AvgIpc) is 3.04. The first-order valence-electron chi connectivity index (χ1n) is 8.55. The Labute approximate surface area is 136 Å². The summed E-state index contributed by atoms with van der Waals surface area (Å²) in [6.07, 6.45) is 7.20. The highest BCUT2D eigenvalue weighted by atomic mass is 16.5. The molecule has 1 aliphatic heterocycles. The smallest absolute Gasteiger partial charge is 0.224 e. The lowest BCUT2D eigenvalue weighted by Crippen LogP contribution is -2.32. The fraction of sp³-hybridized carbons (Fsp3) is 0.556. The lowest BCUT2D eigenvalue weighted by molar-refractivity contribution is -0.122. The van der Waals surface area contributed by atoms with Crippen molar-refractivity contribution < 1.29 is 14.3 Å². The maximum atomic E-state index is 11.8. The molecule has 23 heavy (non-hydrogen) atoms. The van der Waals surface area contributed by atoms with Crippen LogP contribution in [0.1, 0.15) is 50.5 Å². The molecule has 5 nitrogen and oxygen atoms in total. The van der Waals surface area contributed by atoms with E-state index in [2.05, 4.69) is 10.6 Å². The van der Waals surface area contributed by atoms with Gasteiger partial charge in [-0.25, -0.2) is 0 Å². The molecule has 1 heterocycles. The van der Waals surface area contributed by atoms with Gasteiger partial charge in [0.2, 0.25) is 11.8 Å². The molecule has 5 heteroatoms. The highest BCUT2D eigenvalue weighted by molar-refractivity contribution is 5.94. The molecule has 0 radical (unpaired) electrons. The van der Waals surface area contributed by atoms with Crippen molar-refractivity contribution in [2.75, 3.05) is 11.9 Å². The molecule has 124 valence electrons. The van der Waals surface area contributed by atoms with E-state index in [-0.39, 0.29) is 11.8 Å². The van der Waals surface area contributed by atoms with Crippen LogP contribution < -0.4 is 15.4 Å². The first-order valence-corrected chi connectivity index (χ1v) is 8.55. The van der Waals surface area contributed by atoms with E-state index in [1.54, 1.807) is 0 Å². The third kappa shape index (κ3) is 4.47. The maximum absolute atomic E-state index is 11.8. The Balaban J connectivity index is 1.39. The molecule has 1 aliphatic carbocycles. The van der Waals surface area contributed by atoms with Gasteiger partial charge in [-0.15, -0.1) is 0 Å². The Morgan fingerprint density at radius 1 is 1.26 bits per heavy atom. The van der Waals surface area contributed by atoms with Crippen molar-refractivity contribution >= 4 is 17.5 Å². The van der Waals surface area contributed by atoms with Crippen molar-refractivity contribution in [1.82, 2.24) is 5.32 Å². The van der Waals surface area contributed by atoms with E-state index in [4.69, 9.17) is 4.74 Å². The van der Waals surface area contributed by atoms with Gasteiger partial charge >= 0.3 is 0 Å². The minimum Gasteiger partial charge on any atom is -0.494 e. The second-order valence-corrected chi connectivity index (χ2v) is 6.37. The minimum atomic E-state index is 0.0689. The number of hydrogen-bond donors (Lipinski definition) is 2. The summed E-state index contributed by atoms with van der Waals surface area (Å²) in [4.78, 5) is 23.2. The second-order valence-electron chi connectivity index (χ2n) is 6.37. The summed E-state index contributed by atoms with van der Waals surface area (Å²) < 4.78 is 5.73. The lowest BCUT2D eigenvalue weighted by Gasteiger charge is -2.17. The number of amides is 2. The summed E-state index contributed by atoms with van der Waals surface area (Å²) >= 11 is 0. The van der Waals surface area contributed by atoms with E-state index in [0.717, 1.165) is 36.3 Å². The Morgan fingerprint density at radius 2 is 2.09 bits per heavy atom. The molecule has 0 spiro atoms. The van der Waals surface area contributed by atoms with Crippen LogP contribution in [0.25, 0.3) is 0 Å². The number of rotatable bonds is 6. The van der Waals surface area contributed by atoms with Crippen molar-refractivity contribution in [1.29, 1.82) is 0 Å². The SMILES string of the molecule is O=C1CCc2cc(OCCCC(=O)NC3CCCC3)ccc2N1. The molecular weight excluding hydrogens is 292 g/mol. The largest absolute Gasteiger partial charge is 0.494 e. The molecule has 2 aliphatic rings. The van der Waals surface area contributed by atoms with Crippen molar-refractivity contribution in [3.8, 4) is 5.75 Å². The van der Waals surface area contributed by atoms with Crippen LogP contribution >= 0.6 is 0 Å². The van der Waals surface area contributed by atoms with Gasteiger partial charge in [0.15, 0.2) is 0 Å². The van der Waals surface area contributed by atoms with Crippen LogP contribution in [0.3, 0.4) is 0 Å². The van der Waals surface area contributed by atoms with Crippen LogP contribution in [0.5, 0.6) is 5.75 Å². The van der Waals surface area contributed by atoms with Gasteiger partial charge in [0.1, 0.15) is 5.75 Å². The number of hydrogen-bond acceptors (Lipinski definition) is 3. The average molecular weight is 316 g/mol. The number of ether oxygens (including phenoxy) is 1. The molecule has 1 fully saturated rings.